The summed E-state index contributed by atoms with van der Waals surface area (Å²) in [5, 5.41) is 0. The van der Waals surface area contributed by atoms with Gasteiger partial charge in [-0.05, 0) is 17.2 Å². The number of piperazine rings is 1. The minimum atomic E-state index is -3.04. The van der Waals surface area contributed by atoms with Crippen LogP contribution in [0.1, 0.15) is 11.1 Å². The van der Waals surface area contributed by atoms with Gasteiger partial charge in [-0.25, -0.2) is 8.42 Å². The van der Waals surface area contributed by atoms with Gasteiger partial charge in [0.05, 0.1) is 12.9 Å². The summed E-state index contributed by atoms with van der Waals surface area (Å²) >= 11 is 0. The summed E-state index contributed by atoms with van der Waals surface area (Å²) in [6, 6.07) is 6.36. The van der Waals surface area contributed by atoms with Crippen LogP contribution < -0.4 is 4.74 Å². The summed E-state index contributed by atoms with van der Waals surface area (Å²) in [5.41, 5.74) is 2.57. The molecule has 6 heteroatoms. The predicted molar refractivity (Wildman–Crippen MR) is 77.3 cm³/mol. The number of sulfonamides is 1. The van der Waals surface area contributed by atoms with E-state index in [4.69, 9.17) is 4.74 Å². The molecule has 3 rings (SSSR count). The van der Waals surface area contributed by atoms with Gasteiger partial charge < -0.3 is 4.74 Å². The Morgan fingerprint density at radius 1 is 1.20 bits per heavy atom. The van der Waals surface area contributed by atoms with Gasteiger partial charge in [-0.2, -0.15) is 4.31 Å². The van der Waals surface area contributed by atoms with E-state index in [1.807, 2.05) is 6.07 Å². The molecule has 0 amide bonds. The fourth-order valence-corrected chi connectivity index (χ4v) is 3.64. The first kappa shape index (κ1) is 13.9. The molecule has 0 N–H and O–H groups in total. The van der Waals surface area contributed by atoms with Crippen LogP contribution in [0, 0.1) is 0 Å². The third-order valence-corrected chi connectivity index (χ3v) is 5.26. The Morgan fingerprint density at radius 2 is 1.95 bits per heavy atom. The molecule has 0 unspecified atom stereocenters. The average Bonchev–Trinajstić information content (AvgIpc) is 2.86. The van der Waals surface area contributed by atoms with Crippen LogP contribution in [0.4, 0.5) is 0 Å². The van der Waals surface area contributed by atoms with Crippen molar-refractivity contribution in [3.63, 3.8) is 0 Å². The van der Waals surface area contributed by atoms with E-state index < -0.39 is 10.0 Å². The Morgan fingerprint density at radius 3 is 2.65 bits per heavy atom. The molecule has 1 aromatic carbocycles. The van der Waals surface area contributed by atoms with Crippen LogP contribution in [0.15, 0.2) is 18.2 Å². The quantitative estimate of drug-likeness (QED) is 0.824. The van der Waals surface area contributed by atoms with E-state index in [-0.39, 0.29) is 0 Å². The van der Waals surface area contributed by atoms with E-state index in [1.54, 1.807) is 4.31 Å². The Labute approximate surface area is 120 Å². The Hall–Kier alpha value is -1.11. The lowest BCUT2D eigenvalue weighted by atomic mass is 10.1. The van der Waals surface area contributed by atoms with Gasteiger partial charge in [0.2, 0.25) is 10.0 Å². The summed E-state index contributed by atoms with van der Waals surface area (Å²) in [4.78, 5) is 2.30. The molecule has 0 aromatic heterocycles. The lowest BCUT2D eigenvalue weighted by molar-refractivity contribution is 0.182. The van der Waals surface area contributed by atoms with E-state index in [2.05, 4.69) is 17.0 Å². The molecular weight excluding hydrogens is 276 g/mol. The van der Waals surface area contributed by atoms with Gasteiger partial charge >= 0.3 is 0 Å². The molecule has 20 heavy (non-hydrogen) atoms. The number of hydrogen-bond donors (Lipinski definition) is 0. The van der Waals surface area contributed by atoms with Crippen molar-refractivity contribution < 1.29 is 13.2 Å². The second kappa shape index (κ2) is 5.35. The molecule has 0 saturated carbocycles. The van der Waals surface area contributed by atoms with Gasteiger partial charge in [-0.15, -0.1) is 0 Å². The van der Waals surface area contributed by atoms with Crippen molar-refractivity contribution in [2.45, 2.75) is 13.0 Å². The minimum Gasteiger partial charge on any atom is -0.493 e. The van der Waals surface area contributed by atoms with Crippen LogP contribution >= 0.6 is 0 Å². The van der Waals surface area contributed by atoms with Crippen molar-refractivity contribution in [3.05, 3.63) is 29.3 Å². The first-order valence-electron chi connectivity index (χ1n) is 6.94. The van der Waals surface area contributed by atoms with Crippen molar-refractivity contribution >= 4 is 10.0 Å². The standard InChI is InChI=1S/C14H20N2O3S/c1-20(17,18)16-7-5-15(6-8-16)11-12-2-3-14-13(10-12)4-9-19-14/h2-3,10H,4-9,11H2,1H3. The van der Waals surface area contributed by atoms with Crippen LogP contribution in [0.3, 0.4) is 0 Å². The van der Waals surface area contributed by atoms with Gasteiger partial charge in [0.15, 0.2) is 0 Å². The van der Waals surface area contributed by atoms with E-state index >= 15 is 0 Å². The zero-order valence-electron chi connectivity index (χ0n) is 11.7. The number of ether oxygens (including phenoxy) is 1. The maximum atomic E-state index is 11.5. The molecule has 0 atom stereocenters. The van der Waals surface area contributed by atoms with Crippen molar-refractivity contribution in [3.8, 4) is 5.75 Å². The summed E-state index contributed by atoms with van der Waals surface area (Å²) < 4.78 is 30.0. The molecule has 110 valence electrons. The maximum Gasteiger partial charge on any atom is 0.211 e. The van der Waals surface area contributed by atoms with Crippen LogP contribution in [-0.4, -0.2) is 56.7 Å². The van der Waals surface area contributed by atoms with Gasteiger partial charge in [0.25, 0.3) is 0 Å². The third kappa shape index (κ3) is 2.97. The molecule has 2 heterocycles. The number of benzene rings is 1. The fraction of sp³-hybridized carbons (Fsp3) is 0.571. The van der Waals surface area contributed by atoms with E-state index in [1.165, 1.54) is 17.4 Å². The highest BCUT2D eigenvalue weighted by Gasteiger charge is 2.23. The summed E-state index contributed by atoms with van der Waals surface area (Å²) in [6.07, 6.45) is 2.27. The smallest absolute Gasteiger partial charge is 0.211 e. The van der Waals surface area contributed by atoms with E-state index in [0.29, 0.717) is 13.1 Å². The number of rotatable bonds is 3. The lowest BCUT2D eigenvalue weighted by Gasteiger charge is -2.33. The number of fused-ring (bicyclic) bond motifs is 1. The predicted octanol–water partition coefficient (Wildman–Crippen LogP) is 0.699. The van der Waals surface area contributed by atoms with E-state index in [0.717, 1.165) is 38.4 Å². The van der Waals surface area contributed by atoms with Crippen LogP contribution in [0.25, 0.3) is 0 Å². The SMILES string of the molecule is CS(=O)(=O)N1CCN(Cc2ccc3c(c2)CCO3)CC1. The summed E-state index contributed by atoms with van der Waals surface area (Å²) in [6.45, 7) is 4.43. The van der Waals surface area contributed by atoms with Crippen LogP contribution in [-0.2, 0) is 23.0 Å². The topological polar surface area (TPSA) is 49.9 Å². The van der Waals surface area contributed by atoms with Crippen LogP contribution in [0.2, 0.25) is 0 Å². The summed E-state index contributed by atoms with van der Waals surface area (Å²) in [5.74, 6) is 1.01. The normalized spacial score (nSPS) is 20.6. The number of hydrogen-bond acceptors (Lipinski definition) is 4. The second-order valence-electron chi connectivity index (χ2n) is 5.48. The zero-order valence-corrected chi connectivity index (χ0v) is 12.5. The molecule has 1 aromatic rings. The average molecular weight is 296 g/mol. The highest BCUT2D eigenvalue weighted by Crippen LogP contribution is 2.26. The first-order valence-corrected chi connectivity index (χ1v) is 8.79. The highest BCUT2D eigenvalue weighted by molar-refractivity contribution is 7.88. The molecule has 2 aliphatic rings. The van der Waals surface area contributed by atoms with Gasteiger partial charge in [-0.1, -0.05) is 12.1 Å². The second-order valence-corrected chi connectivity index (χ2v) is 7.46. The molecule has 0 spiro atoms. The van der Waals surface area contributed by atoms with Crippen molar-refractivity contribution in [2.75, 3.05) is 39.0 Å². The Bertz CT molecular complexity index is 592. The Balaban J connectivity index is 1.60. The minimum absolute atomic E-state index is 0.590. The monoisotopic (exact) mass is 296 g/mol. The maximum absolute atomic E-state index is 11.5. The first-order chi connectivity index (χ1) is 9.52. The molecule has 0 bridgehead atoms. The Kier molecular flexibility index (Phi) is 3.70. The van der Waals surface area contributed by atoms with Gasteiger partial charge in [0, 0.05) is 39.1 Å². The summed E-state index contributed by atoms with van der Waals surface area (Å²) in [7, 11) is -3.04. The van der Waals surface area contributed by atoms with Crippen molar-refractivity contribution in [1.82, 2.24) is 9.21 Å². The lowest BCUT2D eigenvalue weighted by Crippen LogP contribution is -2.47. The van der Waals surface area contributed by atoms with Crippen molar-refractivity contribution in [1.29, 1.82) is 0 Å². The molecule has 1 saturated heterocycles. The van der Waals surface area contributed by atoms with Crippen LogP contribution in [0.5, 0.6) is 5.75 Å². The van der Waals surface area contributed by atoms with Gasteiger partial charge in [0.1, 0.15) is 5.75 Å². The van der Waals surface area contributed by atoms with Gasteiger partial charge in [-0.3, -0.25) is 4.90 Å². The third-order valence-electron chi connectivity index (χ3n) is 3.96. The largest absolute Gasteiger partial charge is 0.493 e. The highest BCUT2D eigenvalue weighted by atomic mass is 32.2. The van der Waals surface area contributed by atoms with E-state index in [9.17, 15) is 8.42 Å². The fourth-order valence-electron chi connectivity index (χ4n) is 2.82. The zero-order chi connectivity index (χ0) is 14.2. The molecule has 2 aliphatic heterocycles. The van der Waals surface area contributed by atoms with Crippen molar-refractivity contribution in [2.24, 2.45) is 0 Å². The number of nitrogens with zero attached hydrogens (tertiary/aromatic N) is 2. The molecule has 0 radical (unpaired) electrons. The molecule has 1 fully saturated rings. The molecule has 0 aliphatic carbocycles. The molecule has 5 nitrogen and oxygen atoms in total. The molecular formula is C14H20N2O3S.